The van der Waals surface area contributed by atoms with E-state index in [2.05, 4.69) is 25.8 Å². The highest BCUT2D eigenvalue weighted by Gasteiger charge is 2.11. The van der Waals surface area contributed by atoms with E-state index in [1.807, 2.05) is 6.92 Å². The number of urea groups is 1. The summed E-state index contributed by atoms with van der Waals surface area (Å²) in [6, 6.07) is -0.527. The van der Waals surface area contributed by atoms with Crippen LogP contribution < -0.4 is 10.6 Å². The number of nitrogens with zero attached hydrogens (tertiary/aromatic N) is 2. The van der Waals surface area contributed by atoms with E-state index >= 15 is 0 Å². The maximum absolute atomic E-state index is 11.6. The SMILES string of the molecule is CC(CCNC(=O)NC(C)c1ncn[nH]1)CCC(=O)O. The molecule has 1 aromatic heterocycles. The number of carboxylic acid groups (broad SMARTS) is 1. The molecule has 0 aliphatic carbocycles. The van der Waals surface area contributed by atoms with E-state index in [4.69, 9.17) is 5.11 Å². The highest BCUT2D eigenvalue weighted by atomic mass is 16.4. The van der Waals surface area contributed by atoms with Crippen molar-refractivity contribution in [3.05, 3.63) is 12.2 Å². The first kappa shape index (κ1) is 15.9. The van der Waals surface area contributed by atoms with Gasteiger partial charge >= 0.3 is 12.0 Å². The highest BCUT2D eigenvalue weighted by molar-refractivity contribution is 5.74. The summed E-state index contributed by atoms with van der Waals surface area (Å²) in [6.45, 7) is 4.28. The van der Waals surface area contributed by atoms with Crippen molar-refractivity contribution in [3.63, 3.8) is 0 Å². The van der Waals surface area contributed by atoms with Crippen LogP contribution in [0, 0.1) is 5.92 Å². The van der Waals surface area contributed by atoms with Crippen molar-refractivity contribution < 1.29 is 14.7 Å². The van der Waals surface area contributed by atoms with Gasteiger partial charge in [0.25, 0.3) is 0 Å². The van der Waals surface area contributed by atoms with Gasteiger partial charge in [0.15, 0.2) is 0 Å². The van der Waals surface area contributed by atoms with E-state index in [1.54, 1.807) is 6.92 Å². The van der Waals surface area contributed by atoms with Crippen LogP contribution in [0.15, 0.2) is 6.33 Å². The average molecular weight is 283 g/mol. The van der Waals surface area contributed by atoms with Gasteiger partial charge in [0.2, 0.25) is 0 Å². The Bertz CT molecular complexity index is 421. The second-order valence-electron chi connectivity index (χ2n) is 4.82. The molecule has 4 N–H and O–H groups in total. The number of aromatic amines is 1. The van der Waals surface area contributed by atoms with Crippen molar-refractivity contribution >= 4 is 12.0 Å². The number of amides is 2. The Morgan fingerprint density at radius 3 is 2.75 bits per heavy atom. The lowest BCUT2D eigenvalue weighted by Gasteiger charge is -2.14. The molecule has 2 amide bonds. The largest absolute Gasteiger partial charge is 0.481 e. The molecule has 20 heavy (non-hydrogen) atoms. The number of H-pyrrole nitrogens is 1. The number of nitrogens with one attached hydrogen (secondary N) is 3. The van der Waals surface area contributed by atoms with Gasteiger partial charge in [-0.05, 0) is 25.7 Å². The fourth-order valence-corrected chi connectivity index (χ4v) is 1.69. The van der Waals surface area contributed by atoms with Crippen LogP contribution in [0.2, 0.25) is 0 Å². The van der Waals surface area contributed by atoms with Crippen LogP contribution in [0.3, 0.4) is 0 Å². The van der Waals surface area contributed by atoms with Gasteiger partial charge in [0.05, 0.1) is 6.04 Å². The lowest BCUT2D eigenvalue weighted by molar-refractivity contribution is -0.137. The Labute approximate surface area is 117 Å². The summed E-state index contributed by atoms with van der Waals surface area (Å²) in [5.41, 5.74) is 0. The maximum atomic E-state index is 11.6. The predicted octanol–water partition coefficient (Wildman–Crippen LogP) is 1.06. The summed E-state index contributed by atoms with van der Waals surface area (Å²) in [6.07, 6.45) is 2.91. The van der Waals surface area contributed by atoms with Gasteiger partial charge < -0.3 is 15.7 Å². The van der Waals surface area contributed by atoms with Crippen LogP contribution in [0.4, 0.5) is 4.79 Å². The number of carbonyl (C=O) groups excluding carboxylic acids is 1. The molecule has 0 aliphatic rings. The molecule has 1 rings (SSSR count). The molecule has 0 saturated heterocycles. The maximum Gasteiger partial charge on any atom is 0.315 e. The predicted molar refractivity (Wildman–Crippen MR) is 72.0 cm³/mol. The lowest BCUT2D eigenvalue weighted by atomic mass is 10.0. The van der Waals surface area contributed by atoms with Crippen LogP contribution in [-0.4, -0.2) is 38.8 Å². The smallest absolute Gasteiger partial charge is 0.315 e. The number of carbonyl (C=O) groups is 2. The van der Waals surface area contributed by atoms with Crippen molar-refractivity contribution in [1.82, 2.24) is 25.8 Å². The van der Waals surface area contributed by atoms with Gasteiger partial charge in [-0.2, -0.15) is 5.10 Å². The van der Waals surface area contributed by atoms with Crippen molar-refractivity contribution in [2.75, 3.05) is 6.54 Å². The molecule has 0 saturated carbocycles. The van der Waals surface area contributed by atoms with Gasteiger partial charge in [-0.1, -0.05) is 6.92 Å². The van der Waals surface area contributed by atoms with E-state index in [9.17, 15) is 9.59 Å². The molecule has 0 radical (unpaired) electrons. The monoisotopic (exact) mass is 283 g/mol. The number of hydrogen-bond acceptors (Lipinski definition) is 4. The third-order valence-corrected chi connectivity index (χ3v) is 2.97. The summed E-state index contributed by atoms with van der Waals surface area (Å²) in [7, 11) is 0. The van der Waals surface area contributed by atoms with Crippen LogP contribution in [0.5, 0.6) is 0 Å². The molecule has 2 atom stereocenters. The van der Waals surface area contributed by atoms with Crippen LogP contribution in [0.25, 0.3) is 0 Å². The number of carboxylic acids is 1. The van der Waals surface area contributed by atoms with Gasteiger partial charge in [-0.15, -0.1) is 0 Å². The van der Waals surface area contributed by atoms with Gasteiger partial charge in [0.1, 0.15) is 12.2 Å². The molecule has 1 aromatic rings. The van der Waals surface area contributed by atoms with E-state index in [-0.39, 0.29) is 24.4 Å². The minimum atomic E-state index is -0.788. The minimum absolute atomic E-state index is 0.163. The lowest BCUT2D eigenvalue weighted by Crippen LogP contribution is -2.38. The van der Waals surface area contributed by atoms with E-state index < -0.39 is 5.97 Å². The summed E-state index contributed by atoms with van der Waals surface area (Å²) >= 11 is 0. The van der Waals surface area contributed by atoms with Crippen LogP contribution >= 0.6 is 0 Å². The normalized spacial score (nSPS) is 13.5. The van der Waals surface area contributed by atoms with Gasteiger partial charge in [-0.3, -0.25) is 9.89 Å². The molecule has 2 unspecified atom stereocenters. The highest BCUT2D eigenvalue weighted by Crippen LogP contribution is 2.09. The topological polar surface area (TPSA) is 120 Å². The molecule has 8 heteroatoms. The molecular formula is C12H21N5O3. The molecule has 8 nitrogen and oxygen atoms in total. The average Bonchev–Trinajstić information content (AvgIpc) is 2.90. The molecule has 0 aromatic carbocycles. The fraction of sp³-hybridized carbons (Fsp3) is 0.667. The third kappa shape index (κ3) is 6.17. The minimum Gasteiger partial charge on any atom is -0.481 e. The molecule has 0 fully saturated rings. The quantitative estimate of drug-likeness (QED) is 0.568. The standard InChI is InChI=1S/C12H21N5O3/c1-8(3-4-10(18)19)5-6-13-12(20)16-9(2)11-14-7-15-17-11/h7-9H,3-6H2,1-2H3,(H,18,19)(H2,13,16,20)(H,14,15,17). The first-order chi connectivity index (χ1) is 9.49. The number of hydrogen-bond donors (Lipinski definition) is 4. The summed E-state index contributed by atoms with van der Waals surface area (Å²) in [5, 5.41) is 20.4. The third-order valence-electron chi connectivity index (χ3n) is 2.97. The molecular weight excluding hydrogens is 262 g/mol. The first-order valence-electron chi connectivity index (χ1n) is 6.60. The fourth-order valence-electron chi connectivity index (χ4n) is 1.69. The summed E-state index contributed by atoms with van der Waals surface area (Å²) < 4.78 is 0. The number of rotatable bonds is 8. The zero-order chi connectivity index (χ0) is 15.0. The molecule has 0 aliphatic heterocycles. The second-order valence-corrected chi connectivity index (χ2v) is 4.82. The zero-order valence-electron chi connectivity index (χ0n) is 11.7. The second kappa shape index (κ2) is 8.13. The molecule has 0 bridgehead atoms. The van der Waals surface area contributed by atoms with E-state index in [1.165, 1.54) is 6.33 Å². The molecule has 112 valence electrons. The van der Waals surface area contributed by atoms with Crippen molar-refractivity contribution in [1.29, 1.82) is 0 Å². The van der Waals surface area contributed by atoms with Crippen molar-refractivity contribution in [2.45, 2.75) is 39.2 Å². The van der Waals surface area contributed by atoms with E-state index in [0.717, 1.165) is 6.42 Å². The number of aromatic nitrogens is 3. The van der Waals surface area contributed by atoms with Crippen molar-refractivity contribution in [2.24, 2.45) is 5.92 Å². The first-order valence-corrected chi connectivity index (χ1v) is 6.60. The van der Waals surface area contributed by atoms with Gasteiger partial charge in [-0.25, -0.2) is 9.78 Å². The Morgan fingerprint density at radius 2 is 2.15 bits per heavy atom. The number of aliphatic carboxylic acids is 1. The van der Waals surface area contributed by atoms with E-state index in [0.29, 0.717) is 18.8 Å². The van der Waals surface area contributed by atoms with Gasteiger partial charge in [0, 0.05) is 13.0 Å². The zero-order valence-corrected chi connectivity index (χ0v) is 11.7. The Morgan fingerprint density at radius 1 is 1.40 bits per heavy atom. The van der Waals surface area contributed by atoms with Crippen LogP contribution in [0.1, 0.15) is 45.0 Å². The molecule has 1 heterocycles. The molecule has 0 spiro atoms. The Balaban J connectivity index is 2.15. The Kier molecular flexibility index (Phi) is 6.48. The Hall–Kier alpha value is -2.12. The van der Waals surface area contributed by atoms with Crippen molar-refractivity contribution in [3.8, 4) is 0 Å². The van der Waals surface area contributed by atoms with Crippen LogP contribution in [-0.2, 0) is 4.79 Å². The summed E-state index contributed by atoms with van der Waals surface area (Å²) in [4.78, 5) is 26.0. The summed E-state index contributed by atoms with van der Waals surface area (Å²) in [5.74, 6) is 0.0662.